The molecule has 1 aromatic carbocycles. The van der Waals surface area contributed by atoms with E-state index in [0.717, 1.165) is 6.54 Å². The molecule has 0 spiro atoms. The highest BCUT2D eigenvalue weighted by Crippen LogP contribution is 2.15. The van der Waals surface area contributed by atoms with Gasteiger partial charge in [-0.05, 0) is 31.5 Å². The molecule has 0 saturated heterocycles. The maximum Gasteiger partial charge on any atom is 0.230 e. The van der Waals surface area contributed by atoms with Crippen LogP contribution in [0.4, 0.5) is 0 Å². The Balaban J connectivity index is 2.08. The number of rotatable bonds is 5. The molecule has 0 saturated carbocycles. The third-order valence-corrected chi connectivity index (χ3v) is 2.88. The van der Waals surface area contributed by atoms with E-state index >= 15 is 0 Å². The second-order valence-corrected chi connectivity index (χ2v) is 4.48. The van der Waals surface area contributed by atoms with Crippen molar-refractivity contribution in [2.45, 2.75) is 33.7 Å². The van der Waals surface area contributed by atoms with Crippen LogP contribution in [0.5, 0.6) is 0 Å². The topological polar surface area (TPSA) is 51.0 Å². The summed E-state index contributed by atoms with van der Waals surface area (Å²) < 4.78 is 5.60. The van der Waals surface area contributed by atoms with E-state index in [9.17, 15) is 0 Å². The van der Waals surface area contributed by atoms with Gasteiger partial charge in [0.25, 0.3) is 0 Å². The lowest BCUT2D eigenvalue weighted by molar-refractivity contribution is 0.441. The van der Waals surface area contributed by atoms with Gasteiger partial charge in [-0.3, -0.25) is 0 Å². The molecule has 2 rings (SSSR count). The van der Waals surface area contributed by atoms with Crippen LogP contribution in [-0.2, 0) is 13.0 Å². The third-order valence-electron chi connectivity index (χ3n) is 2.88. The highest BCUT2D eigenvalue weighted by atomic mass is 16.4. The first-order chi connectivity index (χ1) is 8.69. The number of benzene rings is 1. The van der Waals surface area contributed by atoms with E-state index in [-0.39, 0.29) is 0 Å². The molecule has 0 amide bonds. The number of nitrogens with one attached hydrogen (secondary N) is 1. The van der Waals surface area contributed by atoms with E-state index in [4.69, 9.17) is 4.42 Å². The highest BCUT2D eigenvalue weighted by molar-refractivity contribution is 5.32. The minimum absolute atomic E-state index is 0.635. The Bertz CT molecular complexity index is 520. The maximum atomic E-state index is 5.60. The van der Waals surface area contributed by atoms with E-state index in [0.29, 0.717) is 24.7 Å². The number of hydrogen-bond donors (Lipinski definition) is 1. The average Bonchev–Trinajstić information content (AvgIpc) is 2.79. The minimum Gasteiger partial charge on any atom is -0.424 e. The molecule has 0 unspecified atom stereocenters. The van der Waals surface area contributed by atoms with Crippen LogP contribution >= 0.6 is 0 Å². The Hall–Kier alpha value is -1.68. The van der Waals surface area contributed by atoms with Gasteiger partial charge in [-0.25, -0.2) is 0 Å². The van der Waals surface area contributed by atoms with Crippen LogP contribution in [0.15, 0.2) is 22.6 Å². The summed E-state index contributed by atoms with van der Waals surface area (Å²) in [4.78, 5) is 0. The Labute approximate surface area is 107 Å². The van der Waals surface area contributed by atoms with Gasteiger partial charge in [-0.15, -0.1) is 10.2 Å². The molecule has 0 aliphatic carbocycles. The molecule has 0 bridgehead atoms. The van der Waals surface area contributed by atoms with Gasteiger partial charge in [-0.1, -0.05) is 30.7 Å². The first-order valence-corrected chi connectivity index (χ1v) is 6.27. The molecule has 0 aliphatic heterocycles. The van der Waals surface area contributed by atoms with Crippen LogP contribution in [0.25, 0.3) is 0 Å². The fraction of sp³-hybridized carbons (Fsp3) is 0.429. The van der Waals surface area contributed by atoms with Gasteiger partial charge in [0, 0.05) is 0 Å². The lowest BCUT2D eigenvalue weighted by atomic mass is 10.0. The second kappa shape index (κ2) is 5.78. The molecule has 0 radical (unpaired) electrons. The lowest BCUT2D eigenvalue weighted by Gasteiger charge is -2.04. The zero-order valence-corrected chi connectivity index (χ0v) is 11.2. The van der Waals surface area contributed by atoms with Crippen molar-refractivity contribution < 1.29 is 4.42 Å². The molecule has 1 heterocycles. The zero-order chi connectivity index (χ0) is 13.0. The summed E-state index contributed by atoms with van der Waals surface area (Å²) in [6.45, 7) is 7.77. The third kappa shape index (κ3) is 3.17. The van der Waals surface area contributed by atoms with E-state index in [1.54, 1.807) is 0 Å². The lowest BCUT2D eigenvalue weighted by Crippen LogP contribution is -2.11. The summed E-state index contributed by atoms with van der Waals surface area (Å²) in [6, 6.07) is 6.41. The van der Waals surface area contributed by atoms with Gasteiger partial charge >= 0.3 is 0 Å². The molecule has 4 nitrogen and oxygen atoms in total. The minimum atomic E-state index is 0.635. The summed E-state index contributed by atoms with van der Waals surface area (Å²) in [6.07, 6.45) is 0.701. The van der Waals surface area contributed by atoms with E-state index in [2.05, 4.69) is 47.6 Å². The number of nitrogens with zero attached hydrogens (tertiary/aromatic N) is 2. The SMILES string of the molecule is CCNCc1nnc(Cc2cc(C)ccc2C)o1. The molecule has 18 heavy (non-hydrogen) atoms. The molecule has 1 aromatic heterocycles. The van der Waals surface area contributed by atoms with Crippen molar-refractivity contribution in [2.75, 3.05) is 6.54 Å². The largest absolute Gasteiger partial charge is 0.424 e. The van der Waals surface area contributed by atoms with Crippen molar-refractivity contribution in [3.8, 4) is 0 Å². The van der Waals surface area contributed by atoms with Crippen molar-refractivity contribution in [1.29, 1.82) is 0 Å². The molecule has 0 fully saturated rings. The van der Waals surface area contributed by atoms with Crippen LogP contribution < -0.4 is 5.32 Å². The van der Waals surface area contributed by atoms with Gasteiger partial charge in [0.05, 0.1) is 13.0 Å². The number of aromatic nitrogens is 2. The molecular weight excluding hydrogens is 226 g/mol. The highest BCUT2D eigenvalue weighted by Gasteiger charge is 2.08. The van der Waals surface area contributed by atoms with Gasteiger partial charge in [0.15, 0.2) is 0 Å². The van der Waals surface area contributed by atoms with Gasteiger partial charge in [-0.2, -0.15) is 0 Å². The first kappa shape index (κ1) is 12.8. The van der Waals surface area contributed by atoms with E-state index in [1.807, 2.05) is 6.92 Å². The molecular formula is C14H19N3O. The summed E-state index contributed by atoms with van der Waals surface area (Å²) in [5.41, 5.74) is 3.75. The van der Waals surface area contributed by atoms with Crippen LogP contribution in [0.1, 0.15) is 35.4 Å². The molecule has 0 atom stereocenters. The van der Waals surface area contributed by atoms with Gasteiger partial charge < -0.3 is 9.73 Å². The molecule has 2 aromatic rings. The molecule has 96 valence electrons. The number of aryl methyl sites for hydroxylation is 2. The van der Waals surface area contributed by atoms with Crippen molar-refractivity contribution in [3.63, 3.8) is 0 Å². The summed E-state index contributed by atoms with van der Waals surface area (Å²) in [5, 5.41) is 11.3. The smallest absolute Gasteiger partial charge is 0.230 e. The van der Waals surface area contributed by atoms with E-state index < -0.39 is 0 Å². The normalized spacial score (nSPS) is 10.8. The van der Waals surface area contributed by atoms with Crippen molar-refractivity contribution in [2.24, 2.45) is 0 Å². The maximum absolute atomic E-state index is 5.60. The molecule has 1 N–H and O–H groups in total. The van der Waals surface area contributed by atoms with Gasteiger partial charge in [0.2, 0.25) is 11.8 Å². The van der Waals surface area contributed by atoms with Crippen molar-refractivity contribution in [3.05, 3.63) is 46.7 Å². The molecule has 4 heteroatoms. The quantitative estimate of drug-likeness (QED) is 0.878. The molecule has 0 aliphatic rings. The van der Waals surface area contributed by atoms with Crippen LogP contribution in [0.2, 0.25) is 0 Å². The Morgan fingerprint density at radius 3 is 2.72 bits per heavy atom. The Morgan fingerprint density at radius 1 is 1.17 bits per heavy atom. The Morgan fingerprint density at radius 2 is 1.94 bits per heavy atom. The van der Waals surface area contributed by atoms with Crippen molar-refractivity contribution in [1.82, 2.24) is 15.5 Å². The monoisotopic (exact) mass is 245 g/mol. The number of hydrogen-bond acceptors (Lipinski definition) is 4. The zero-order valence-electron chi connectivity index (χ0n) is 11.2. The summed E-state index contributed by atoms with van der Waals surface area (Å²) in [7, 11) is 0. The predicted octanol–water partition coefficient (Wildman–Crippen LogP) is 2.39. The second-order valence-electron chi connectivity index (χ2n) is 4.48. The van der Waals surface area contributed by atoms with Crippen molar-refractivity contribution >= 4 is 0 Å². The van der Waals surface area contributed by atoms with Crippen LogP contribution in [0, 0.1) is 13.8 Å². The predicted molar refractivity (Wildman–Crippen MR) is 70.4 cm³/mol. The fourth-order valence-corrected chi connectivity index (χ4v) is 1.82. The van der Waals surface area contributed by atoms with Crippen LogP contribution in [0.3, 0.4) is 0 Å². The fourth-order valence-electron chi connectivity index (χ4n) is 1.82. The van der Waals surface area contributed by atoms with E-state index in [1.165, 1.54) is 16.7 Å². The van der Waals surface area contributed by atoms with Crippen LogP contribution in [-0.4, -0.2) is 16.7 Å². The summed E-state index contributed by atoms with van der Waals surface area (Å²) in [5.74, 6) is 1.33. The summed E-state index contributed by atoms with van der Waals surface area (Å²) >= 11 is 0. The Kier molecular flexibility index (Phi) is 4.10. The van der Waals surface area contributed by atoms with Gasteiger partial charge in [0.1, 0.15) is 0 Å². The standard InChI is InChI=1S/C14H19N3O/c1-4-15-9-14-17-16-13(18-14)8-12-7-10(2)5-6-11(12)3/h5-7,15H,4,8-9H2,1-3H3. The average molecular weight is 245 g/mol. The first-order valence-electron chi connectivity index (χ1n) is 6.27.